The van der Waals surface area contributed by atoms with Gasteiger partial charge in [-0.2, -0.15) is 0 Å². The molecule has 2 aromatic carbocycles. The van der Waals surface area contributed by atoms with Crippen molar-refractivity contribution in [2.24, 2.45) is 0 Å². The SMILES string of the molecule is CCc1cccc(NC(=O)c2ccc(Br)cc2S)c1. The van der Waals surface area contributed by atoms with Gasteiger partial charge in [0.2, 0.25) is 0 Å². The van der Waals surface area contributed by atoms with Gasteiger partial charge in [-0.25, -0.2) is 0 Å². The van der Waals surface area contributed by atoms with E-state index in [9.17, 15) is 4.79 Å². The van der Waals surface area contributed by atoms with Gasteiger partial charge in [0.1, 0.15) is 0 Å². The average molecular weight is 336 g/mol. The first-order chi connectivity index (χ1) is 9.10. The molecular weight excluding hydrogens is 322 g/mol. The lowest BCUT2D eigenvalue weighted by Gasteiger charge is -2.08. The third-order valence-electron chi connectivity index (χ3n) is 2.80. The van der Waals surface area contributed by atoms with Crippen molar-refractivity contribution in [2.45, 2.75) is 18.2 Å². The fourth-order valence-electron chi connectivity index (χ4n) is 1.76. The Hall–Kier alpha value is -1.26. The van der Waals surface area contributed by atoms with Gasteiger partial charge in [0, 0.05) is 15.1 Å². The number of carbonyl (C=O) groups excluding carboxylic acids is 1. The summed E-state index contributed by atoms with van der Waals surface area (Å²) in [5, 5.41) is 2.89. The minimum Gasteiger partial charge on any atom is -0.322 e. The highest BCUT2D eigenvalue weighted by atomic mass is 79.9. The summed E-state index contributed by atoms with van der Waals surface area (Å²) in [5.41, 5.74) is 2.56. The number of rotatable bonds is 3. The normalized spacial score (nSPS) is 10.3. The molecule has 19 heavy (non-hydrogen) atoms. The van der Waals surface area contributed by atoms with Gasteiger partial charge in [0.15, 0.2) is 0 Å². The maximum Gasteiger partial charge on any atom is 0.256 e. The lowest BCUT2D eigenvalue weighted by Crippen LogP contribution is -2.12. The Morgan fingerprint density at radius 3 is 2.74 bits per heavy atom. The molecule has 2 aromatic rings. The topological polar surface area (TPSA) is 29.1 Å². The molecule has 0 atom stereocenters. The van der Waals surface area contributed by atoms with Crippen LogP contribution >= 0.6 is 28.6 Å². The van der Waals surface area contributed by atoms with Crippen molar-refractivity contribution in [1.29, 1.82) is 0 Å². The first-order valence-corrected chi connectivity index (χ1v) is 7.23. The predicted octanol–water partition coefficient (Wildman–Crippen LogP) is 4.55. The van der Waals surface area contributed by atoms with Gasteiger partial charge in [-0.1, -0.05) is 35.0 Å². The van der Waals surface area contributed by atoms with Gasteiger partial charge < -0.3 is 5.32 Å². The van der Waals surface area contributed by atoms with E-state index >= 15 is 0 Å². The van der Waals surface area contributed by atoms with Crippen molar-refractivity contribution in [3.63, 3.8) is 0 Å². The zero-order chi connectivity index (χ0) is 13.8. The highest BCUT2D eigenvalue weighted by molar-refractivity contribution is 9.10. The van der Waals surface area contributed by atoms with E-state index in [1.807, 2.05) is 30.3 Å². The Morgan fingerprint density at radius 1 is 1.26 bits per heavy atom. The molecule has 0 bridgehead atoms. The molecule has 0 aliphatic rings. The molecule has 0 unspecified atom stereocenters. The van der Waals surface area contributed by atoms with Gasteiger partial charge in [0.05, 0.1) is 5.56 Å². The monoisotopic (exact) mass is 335 g/mol. The van der Waals surface area contributed by atoms with Crippen molar-refractivity contribution < 1.29 is 4.79 Å². The molecule has 0 aromatic heterocycles. The van der Waals surface area contributed by atoms with Gasteiger partial charge in [0.25, 0.3) is 5.91 Å². The number of carbonyl (C=O) groups is 1. The third kappa shape index (κ3) is 3.61. The van der Waals surface area contributed by atoms with Crippen molar-refractivity contribution in [3.05, 3.63) is 58.1 Å². The fourth-order valence-corrected chi connectivity index (χ4v) is 2.62. The molecule has 0 aliphatic carbocycles. The van der Waals surface area contributed by atoms with Crippen LogP contribution in [0, 0.1) is 0 Å². The van der Waals surface area contributed by atoms with Gasteiger partial charge in [-0.05, 0) is 42.3 Å². The number of hydrogen-bond donors (Lipinski definition) is 2. The van der Waals surface area contributed by atoms with E-state index in [1.54, 1.807) is 12.1 Å². The molecule has 2 nitrogen and oxygen atoms in total. The van der Waals surface area contributed by atoms with Gasteiger partial charge in [-0.3, -0.25) is 4.79 Å². The van der Waals surface area contributed by atoms with Crippen LogP contribution in [-0.2, 0) is 6.42 Å². The summed E-state index contributed by atoms with van der Waals surface area (Å²) in [6.07, 6.45) is 0.944. The molecule has 1 amide bonds. The molecule has 4 heteroatoms. The number of halogens is 1. The molecule has 98 valence electrons. The zero-order valence-electron chi connectivity index (χ0n) is 10.5. The lowest BCUT2D eigenvalue weighted by atomic mass is 10.1. The highest BCUT2D eigenvalue weighted by Gasteiger charge is 2.10. The molecule has 0 heterocycles. The second-order valence-electron chi connectivity index (χ2n) is 4.17. The van der Waals surface area contributed by atoms with Crippen molar-refractivity contribution in [2.75, 3.05) is 5.32 Å². The van der Waals surface area contributed by atoms with E-state index in [4.69, 9.17) is 0 Å². The average Bonchev–Trinajstić information content (AvgIpc) is 2.38. The van der Waals surface area contributed by atoms with Gasteiger partial charge in [-0.15, -0.1) is 12.6 Å². The summed E-state index contributed by atoms with van der Waals surface area (Å²) in [5.74, 6) is -0.147. The Morgan fingerprint density at radius 2 is 2.05 bits per heavy atom. The van der Waals surface area contributed by atoms with Crippen LogP contribution in [0.3, 0.4) is 0 Å². The molecule has 0 aliphatic heterocycles. The number of benzene rings is 2. The molecular formula is C15H14BrNOS. The van der Waals surface area contributed by atoms with Crippen LogP contribution in [0.5, 0.6) is 0 Å². The van der Waals surface area contributed by atoms with Crippen LogP contribution in [0.15, 0.2) is 51.8 Å². The van der Waals surface area contributed by atoms with E-state index in [1.165, 1.54) is 5.56 Å². The number of thiol groups is 1. The molecule has 0 spiro atoms. The smallest absolute Gasteiger partial charge is 0.256 e. The summed E-state index contributed by atoms with van der Waals surface area (Å²) in [7, 11) is 0. The van der Waals surface area contributed by atoms with Crippen LogP contribution in [0.25, 0.3) is 0 Å². The number of nitrogens with one attached hydrogen (secondary N) is 1. The summed E-state index contributed by atoms with van der Waals surface area (Å²) in [6, 6.07) is 13.2. The quantitative estimate of drug-likeness (QED) is 0.791. The van der Waals surface area contributed by atoms with E-state index in [0.29, 0.717) is 10.5 Å². The van der Waals surface area contributed by atoms with Crippen molar-refractivity contribution in [3.8, 4) is 0 Å². The van der Waals surface area contributed by atoms with Crippen molar-refractivity contribution in [1.82, 2.24) is 0 Å². The Kier molecular flexibility index (Phi) is 4.66. The lowest BCUT2D eigenvalue weighted by molar-refractivity contribution is 0.102. The highest BCUT2D eigenvalue weighted by Crippen LogP contribution is 2.21. The first kappa shape index (κ1) is 14.2. The van der Waals surface area contributed by atoms with Crippen molar-refractivity contribution >= 4 is 40.2 Å². The van der Waals surface area contributed by atoms with Crippen LogP contribution in [0.2, 0.25) is 0 Å². The van der Waals surface area contributed by atoms with Gasteiger partial charge >= 0.3 is 0 Å². The third-order valence-corrected chi connectivity index (χ3v) is 3.66. The molecule has 0 radical (unpaired) electrons. The number of anilines is 1. The maximum absolute atomic E-state index is 12.2. The molecule has 0 saturated carbocycles. The maximum atomic E-state index is 12.2. The second-order valence-corrected chi connectivity index (χ2v) is 5.57. The summed E-state index contributed by atoms with van der Waals surface area (Å²) in [4.78, 5) is 12.8. The standard InChI is InChI=1S/C15H14BrNOS/c1-2-10-4-3-5-12(8-10)17-15(18)13-7-6-11(16)9-14(13)19/h3-9,19H,2H2,1H3,(H,17,18). The summed E-state index contributed by atoms with van der Waals surface area (Å²) < 4.78 is 0.905. The van der Waals surface area contributed by atoms with E-state index in [2.05, 4.69) is 40.8 Å². The first-order valence-electron chi connectivity index (χ1n) is 5.99. The summed E-state index contributed by atoms with van der Waals surface area (Å²) in [6.45, 7) is 2.08. The molecule has 0 saturated heterocycles. The predicted molar refractivity (Wildman–Crippen MR) is 85.2 cm³/mol. The summed E-state index contributed by atoms with van der Waals surface area (Å²) >= 11 is 7.67. The zero-order valence-corrected chi connectivity index (χ0v) is 13.0. The van der Waals surface area contributed by atoms with E-state index in [-0.39, 0.29) is 5.91 Å². The van der Waals surface area contributed by atoms with Crippen LogP contribution < -0.4 is 5.32 Å². The van der Waals surface area contributed by atoms with Crippen LogP contribution in [0.4, 0.5) is 5.69 Å². The second kappa shape index (κ2) is 6.26. The van der Waals surface area contributed by atoms with E-state index in [0.717, 1.165) is 16.6 Å². The minimum absolute atomic E-state index is 0.147. The van der Waals surface area contributed by atoms with Crippen LogP contribution in [0.1, 0.15) is 22.8 Å². The van der Waals surface area contributed by atoms with Crippen LogP contribution in [-0.4, -0.2) is 5.91 Å². The van der Waals surface area contributed by atoms with E-state index < -0.39 is 0 Å². The largest absolute Gasteiger partial charge is 0.322 e. The number of aryl methyl sites for hydroxylation is 1. The Balaban J connectivity index is 2.20. The Bertz CT molecular complexity index is 613. The number of amides is 1. The molecule has 0 fully saturated rings. The molecule has 2 rings (SSSR count). The fraction of sp³-hybridized carbons (Fsp3) is 0.133. The Labute approximate surface area is 126 Å². The minimum atomic E-state index is -0.147. The molecule has 1 N–H and O–H groups in total. The number of hydrogen-bond acceptors (Lipinski definition) is 2.